The van der Waals surface area contributed by atoms with E-state index in [2.05, 4.69) is 18.7 Å². The number of halogens is 1. The average Bonchev–Trinajstić information content (AvgIpc) is 2.39. The fourth-order valence-corrected chi connectivity index (χ4v) is 2.63. The van der Waals surface area contributed by atoms with Gasteiger partial charge in [0, 0.05) is 18.2 Å². The first-order chi connectivity index (χ1) is 8.69. The highest BCUT2D eigenvalue weighted by Crippen LogP contribution is 2.32. The van der Waals surface area contributed by atoms with Crippen LogP contribution in [0, 0.1) is 0 Å². The van der Waals surface area contributed by atoms with Gasteiger partial charge in [0.2, 0.25) is 0 Å². The van der Waals surface area contributed by atoms with E-state index in [-0.39, 0.29) is 13.2 Å². The lowest BCUT2D eigenvalue weighted by atomic mass is 10.1. The standard InChI is InChI=1S/C14H22ClNO2/c1-3-12(4-2)16(8-9-17)14-11(10-18)6-5-7-13(14)15/h5-7,12,17-18H,3-4,8-10H2,1-2H3. The van der Waals surface area contributed by atoms with Gasteiger partial charge in [-0.05, 0) is 18.9 Å². The van der Waals surface area contributed by atoms with Crippen molar-refractivity contribution >= 4 is 17.3 Å². The molecule has 2 N–H and O–H groups in total. The van der Waals surface area contributed by atoms with Gasteiger partial charge in [0.05, 0.1) is 23.9 Å². The SMILES string of the molecule is CCC(CC)N(CCO)c1c(Cl)cccc1CO. The zero-order valence-electron chi connectivity index (χ0n) is 11.1. The Bertz CT molecular complexity index is 367. The van der Waals surface area contributed by atoms with Crippen LogP contribution in [0.3, 0.4) is 0 Å². The van der Waals surface area contributed by atoms with E-state index in [9.17, 15) is 10.2 Å². The third-order valence-electron chi connectivity index (χ3n) is 3.25. The van der Waals surface area contributed by atoms with Gasteiger partial charge in [-0.15, -0.1) is 0 Å². The van der Waals surface area contributed by atoms with Crippen molar-refractivity contribution < 1.29 is 10.2 Å². The molecule has 0 amide bonds. The molecule has 0 saturated heterocycles. The molecule has 0 bridgehead atoms. The molecule has 1 aromatic rings. The average molecular weight is 272 g/mol. The van der Waals surface area contributed by atoms with Crippen molar-refractivity contribution in [3.8, 4) is 0 Å². The van der Waals surface area contributed by atoms with Crippen LogP contribution < -0.4 is 4.90 Å². The predicted molar refractivity (Wildman–Crippen MR) is 76.2 cm³/mol. The van der Waals surface area contributed by atoms with E-state index in [1.807, 2.05) is 18.2 Å². The van der Waals surface area contributed by atoms with Gasteiger partial charge in [0.1, 0.15) is 0 Å². The van der Waals surface area contributed by atoms with Crippen molar-refractivity contribution in [2.24, 2.45) is 0 Å². The maximum absolute atomic E-state index is 9.44. The van der Waals surface area contributed by atoms with E-state index in [1.54, 1.807) is 0 Å². The Labute approximate surface area is 114 Å². The van der Waals surface area contributed by atoms with Crippen LogP contribution in [0.2, 0.25) is 5.02 Å². The van der Waals surface area contributed by atoms with Gasteiger partial charge in [-0.1, -0.05) is 37.6 Å². The maximum Gasteiger partial charge on any atom is 0.0702 e. The van der Waals surface area contributed by atoms with E-state index >= 15 is 0 Å². The van der Waals surface area contributed by atoms with Crippen LogP contribution >= 0.6 is 11.6 Å². The molecule has 0 radical (unpaired) electrons. The van der Waals surface area contributed by atoms with Crippen molar-refractivity contribution in [1.82, 2.24) is 0 Å². The van der Waals surface area contributed by atoms with Gasteiger partial charge in [0.25, 0.3) is 0 Å². The van der Waals surface area contributed by atoms with E-state index < -0.39 is 0 Å². The normalized spacial score (nSPS) is 11.0. The molecule has 0 aromatic heterocycles. The Hall–Kier alpha value is -0.770. The number of hydrogen-bond donors (Lipinski definition) is 2. The minimum atomic E-state index is -0.0437. The lowest BCUT2D eigenvalue weighted by molar-refractivity contribution is 0.279. The highest BCUT2D eigenvalue weighted by atomic mass is 35.5. The summed E-state index contributed by atoms with van der Waals surface area (Å²) >= 11 is 6.26. The molecule has 102 valence electrons. The van der Waals surface area contributed by atoms with Crippen LogP contribution in [-0.4, -0.2) is 29.4 Å². The van der Waals surface area contributed by atoms with Crippen molar-refractivity contribution in [3.05, 3.63) is 28.8 Å². The molecule has 4 heteroatoms. The molecule has 0 atom stereocenters. The van der Waals surface area contributed by atoms with Gasteiger partial charge in [-0.25, -0.2) is 0 Å². The Morgan fingerprint density at radius 3 is 2.39 bits per heavy atom. The fraction of sp³-hybridized carbons (Fsp3) is 0.571. The topological polar surface area (TPSA) is 43.7 Å². The second-order valence-corrected chi connectivity index (χ2v) is 4.70. The summed E-state index contributed by atoms with van der Waals surface area (Å²) in [7, 11) is 0. The predicted octanol–water partition coefficient (Wildman–Crippen LogP) is 2.82. The number of hydrogen-bond acceptors (Lipinski definition) is 3. The van der Waals surface area contributed by atoms with E-state index in [0.717, 1.165) is 24.1 Å². The molecule has 0 unspecified atom stereocenters. The minimum absolute atomic E-state index is 0.0437. The van der Waals surface area contributed by atoms with Crippen molar-refractivity contribution in [3.63, 3.8) is 0 Å². The first-order valence-corrected chi connectivity index (χ1v) is 6.83. The molecule has 1 aromatic carbocycles. The van der Waals surface area contributed by atoms with Crippen LogP contribution in [0.4, 0.5) is 5.69 Å². The second kappa shape index (κ2) is 7.62. The fourth-order valence-electron chi connectivity index (χ4n) is 2.32. The first kappa shape index (κ1) is 15.3. The number of aliphatic hydroxyl groups is 2. The van der Waals surface area contributed by atoms with Crippen molar-refractivity contribution in [1.29, 1.82) is 0 Å². The molecule has 0 aliphatic rings. The summed E-state index contributed by atoms with van der Waals surface area (Å²) < 4.78 is 0. The molecule has 1 rings (SSSR count). The van der Waals surface area contributed by atoms with Crippen molar-refractivity contribution in [2.45, 2.75) is 39.3 Å². The second-order valence-electron chi connectivity index (χ2n) is 4.29. The summed E-state index contributed by atoms with van der Waals surface area (Å²) in [6.07, 6.45) is 1.96. The number of aliphatic hydroxyl groups excluding tert-OH is 2. The van der Waals surface area contributed by atoms with Crippen molar-refractivity contribution in [2.75, 3.05) is 18.1 Å². The van der Waals surface area contributed by atoms with Crippen LogP contribution in [0.15, 0.2) is 18.2 Å². The third kappa shape index (κ3) is 3.37. The smallest absolute Gasteiger partial charge is 0.0702 e. The van der Waals surface area contributed by atoms with Crippen LogP contribution in [0.5, 0.6) is 0 Å². The summed E-state index contributed by atoms with van der Waals surface area (Å²) in [6, 6.07) is 5.85. The molecule has 0 heterocycles. The number of para-hydroxylation sites is 1. The van der Waals surface area contributed by atoms with E-state index in [1.165, 1.54) is 0 Å². The van der Waals surface area contributed by atoms with E-state index in [4.69, 9.17) is 11.6 Å². The molecule has 0 saturated carbocycles. The van der Waals surface area contributed by atoms with Gasteiger partial charge in [0.15, 0.2) is 0 Å². The lowest BCUT2D eigenvalue weighted by Crippen LogP contribution is -2.37. The molecule has 18 heavy (non-hydrogen) atoms. The number of nitrogens with zero attached hydrogens (tertiary/aromatic N) is 1. The largest absolute Gasteiger partial charge is 0.395 e. The quantitative estimate of drug-likeness (QED) is 0.801. The van der Waals surface area contributed by atoms with Crippen LogP contribution in [0.25, 0.3) is 0 Å². The van der Waals surface area contributed by atoms with Gasteiger partial charge in [-0.3, -0.25) is 0 Å². The molecular formula is C14H22ClNO2. The number of rotatable bonds is 7. The summed E-state index contributed by atoms with van der Waals surface area (Å²) in [5.41, 5.74) is 1.66. The third-order valence-corrected chi connectivity index (χ3v) is 3.56. The van der Waals surface area contributed by atoms with Crippen LogP contribution in [0.1, 0.15) is 32.3 Å². The summed E-state index contributed by atoms with van der Waals surface area (Å²) in [5.74, 6) is 0. The molecule has 0 fully saturated rings. The molecule has 0 spiro atoms. The van der Waals surface area contributed by atoms with Gasteiger partial charge in [-0.2, -0.15) is 0 Å². The number of benzene rings is 1. The first-order valence-electron chi connectivity index (χ1n) is 6.45. The Morgan fingerprint density at radius 1 is 1.22 bits per heavy atom. The highest BCUT2D eigenvalue weighted by Gasteiger charge is 2.20. The molecular weight excluding hydrogens is 250 g/mol. The Morgan fingerprint density at radius 2 is 1.89 bits per heavy atom. The van der Waals surface area contributed by atoms with Gasteiger partial charge >= 0.3 is 0 Å². The minimum Gasteiger partial charge on any atom is -0.395 e. The molecule has 0 aliphatic heterocycles. The summed E-state index contributed by atoms with van der Waals surface area (Å²) in [5, 5.41) is 19.3. The zero-order valence-corrected chi connectivity index (χ0v) is 11.8. The molecule has 0 aliphatic carbocycles. The monoisotopic (exact) mass is 271 g/mol. The number of anilines is 1. The van der Waals surface area contributed by atoms with E-state index in [0.29, 0.717) is 17.6 Å². The lowest BCUT2D eigenvalue weighted by Gasteiger charge is -2.34. The molecule has 3 nitrogen and oxygen atoms in total. The Balaban J connectivity index is 3.19. The summed E-state index contributed by atoms with van der Waals surface area (Å²) in [6.45, 7) is 4.80. The highest BCUT2D eigenvalue weighted by molar-refractivity contribution is 6.33. The Kier molecular flexibility index (Phi) is 6.47. The van der Waals surface area contributed by atoms with Crippen LogP contribution in [-0.2, 0) is 6.61 Å². The summed E-state index contributed by atoms with van der Waals surface area (Å²) in [4.78, 5) is 2.11. The zero-order chi connectivity index (χ0) is 13.5. The van der Waals surface area contributed by atoms with Gasteiger partial charge < -0.3 is 15.1 Å². The maximum atomic E-state index is 9.44.